The number of imidazole rings is 1. The smallest absolute Gasteiger partial charge is 0.321 e. The van der Waals surface area contributed by atoms with E-state index in [1.165, 1.54) is 0 Å². The Hall–Kier alpha value is -2.86. The maximum Gasteiger partial charge on any atom is 0.321 e. The van der Waals surface area contributed by atoms with E-state index >= 15 is 0 Å². The van der Waals surface area contributed by atoms with E-state index in [1.807, 2.05) is 34.9 Å². The number of para-hydroxylation sites is 2. The first kappa shape index (κ1) is 16.6. The SMILES string of the molecule is CCOC(=O)C1C(=O)Nc2nc3ccccc3n2C1c1cccc(Cl)c1. The summed E-state index contributed by atoms with van der Waals surface area (Å²) in [6.07, 6.45) is 0. The minimum Gasteiger partial charge on any atom is -0.465 e. The van der Waals surface area contributed by atoms with Gasteiger partial charge in [0.15, 0.2) is 5.92 Å². The van der Waals surface area contributed by atoms with Gasteiger partial charge in [-0.05, 0) is 36.8 Å². The highest BCUT2D eigenvalue weighted by molar-refractivity contribution is 6.30. The Labute approximate surface area is 154 Å². The molecule has 1 N–H and O–H groups in total. The Morgan fingerprint density at radius 1 is 1.27 bits per heavy atom. The van der Waals surface area contributed by atoms with Crippen LogP contribution >= 0.6 is 11.6 Å². The zero-order valence-electron chi connectivity index (χ0n) is 14.0. The number of rotatable bonds is 3. The number of carbonyl (C=O) groups is 2. The van der Waals surface area contributed by atoms with E-state index in [2.05, 4.69) is 10.3 Å². The summed E-state index contributed by atoms with van der Waals surface area (Å²) in [5.41, 5.74) is 2.30. The molecule has 2 aromatic carbocycles. The molecule has 0 radical (unpaired) electrons. The molecule has 0 saturated carbocycles. The number of hydrogen-bond acceptors (Lipinski definition) is 4. The quantitative estimate of drug-likeness (QED) is 0.567. The monoisotopic (exact) mass is 369 g/mol. The third kappa shape index (κ3) is 2.63. The van der Waals surface area contributed by atoms with Gasteiger partial charge in [-0.2, -0.15) is 0 Å². The molecule has 6 nitrogen and oxygen atoms in total. The number of amides is 1. The molecular weight excluding hydrogens is 354 g/mol. The fourth-order valence-electron chi connectivity index (χ4n) is 3.39. The molecule has 0 saturated heterocycles. The van der Waals surface area contributed by atoms with Crippen LogP contribution in [0.1, 0.15) is 18.5 Å². The molecule has 1 aliphatic heterocycles. The Morgan fingerprint density at radius 2 is 2.08 bits per heavy atom. The maximum atomic E-state index is 12.7. The second-order valence-corrected chi connectivity index (χ2v) is 6.45. The number of hydrogen-bond donors (Lipinski definition) is 1. The number of nitrogens with one attached hydrogen (secondary N) is 1. The number of nitrogens with zero attached hydrogens (tertiary/aromatic N) is 2. The molecule has 1 amide bonds. The molecule has 2 heterocycles. The molecule has 132 valence electrons. The van der Waals surface area contributed by atoms with Crippen LogP contribution in [0.25, 0.3) is 11.0 Å². The first-order chi connectivity index (χ1) is 12.6. The molecule has 0 spiro atoms. The van der Waals surface area contributed by atoms with Crippen LogP contribution in [0.3, 0.4) is 0 Å². The van der Waals surface area contributed by atoms with Gasteiger partial charge in [0.05, 0.1) is 23.7 Å². The number of benzene rings is 2. The number of anilines is 1. The zero-order chi connectivity index (χ0) is 18.3. The van der Waals surface area contributed by atoms with Crippen molar-refractivity contribution in [2.75, 3.05) is 11.9 Å². The van der Waals surface area contributed by atoms with Crippen LogP contribution in [0, 0.1) is 5.92 Å². The van der Waals surface area contributed by atoms with Crippen LogP contribution in [-0.2, 0) is 14.3 Å². The summed E-state index contributed by atoms with van der Waals surface area (Å²) in [5, 5.41) is 3.26. The van der Waals surface area contributed by atoms with E-state index in [0.717, 1.165) is 16.6 Å². The largest absolute Gasteiger partial charge is 0.465 e. The van der Waals surface area contributed by atoms with Gasteiger partial charge in [-0.1, -0.05) is 35.9 Å². The van der Waals surface area contributed by atoms with Crippen molar-refractivity contribution in [2.45, 2.75) is 13.0 Å². The molecule has 4 rings (SSSR count). The molecule has 1 aromatic heterocycles. The van der Waals surface area contributed by atoms with E-state index < -0.39 is 23.8 Å². The number of carbonyl (C=O) groups excluding carboxylic acids is 2. The molecule has 0 fully saturated rings. The second kappa shape index (κ2) is 6.46. The van der Waals surface area contributed by atoms with Gasteiger partial charge in [0.25, 0.3) is 0 Å². The fraction of sp³-hybridized carbons (Fsp3) is 0.211. The van der Waals surface area contributed by atoms with Crippen LogP contribution in [0.2, 0.25) is 5.02 Å². The van der Waals surface area contributed by atoms with E-state index in [1.54, 1.807) is 25.1 Å². The lowest BCUT2D eigenvalue weighted by molar-refractivity contribution is -0.152. The molecular formula is C19H16ClN3O3. The van der Waals surface area contributed by atoms with Crippen LogP contribution in [-0.4, -0.2) is 28.0 Å². The second-order valence-electron chi connectivity index (χ2n) is 6.01. The Kier molecular flexibility index (Phi) is 4.12. The predicted octanol–water partition coefficient (Wildman–Crippen LogP) is 3.41. The summed E-state index contributed by atoms with van der Waals surface area (Å²) >= 11 is 6.17. The number of halogens is 1. The minimum absolute atomic E-state index is 0.197. The van der Waals surface area contributed by atoms with Crippen molar-refractivity contribution in [1.82, 2.24) is 9.55 Å². The maximum absolute atomic E-state index is 12.7. The molecule has 3 aromatic rings. The van der Waals surface area contributed by atoms with Gasteiger partial charge < -0.3 is 9.30 Å². The number of fused-ring (bicyclic) bond motifs is 3. The van der Waals surface area contributed by atoms with Gasteiger partial charge in [-0.15, -0.1) is 0 Å². The van der Waals surface area contributed by atoms with E-state index in [-0.39, 0.29) is 6.61 Å². The van der Waals surface area contributed by atoms with Gasteiger partial charge >= 0.3 is 5.97 Å². The van der Waals surface area contributed by atoms with Crippen molar-refractivity contribution in [3.05, 3.63) is 59.1 Å². The summed E-state index contributed by atoms with van der Waals surface area (Å²) < 4.78 is 7.04. The average Bonchev–Trinajstić information content (AvgIpc) is 2.98. The van der Waals surface area contributed by atoms with Crippen molar-refractivity contribution in [3.63, 3.8) is 0 Å². The average molecular weight is 370 g/mol. The van der Waals surface area contributed by atoms with Crippen LogP contribution in [0.15, 0.2) is 48.5 Å². The first-order valence-corrected chi connectivity index (χ1v) is 8.68. The summed E-state index contributed by atoms with van der Waals surface area (Å²) in [5.74, 6) is -1.63. The highest BCUT2D eigenvalue weighted by Gasteiger charge is 2.44. The van der Waals surface area contributed by atoms with Gasteiger partial charge in [-0.3, -0.25) is 14.9 Å². The Bertz CT molecular complexity index is 1010. The highest BCUT2D eigenvalue weighted by atomic mass is 35.5. The topological polar surface area (TPSA) is 73.2 Å². The summed E-state index contributed by atoms with van der Waals surface area (Å²) in [4.78, 5) is 29.8. The predicted molar refractivity (Wildman–Crippen MR) is 98.1 cm³/mol. The van der Waals surface area contributed by atoms with Crippen molar-refractivity contribution >= 4 is 40.5 Å². The lowest BCUT2D eigenvalue weighted by Crippen LogP contribution is -2.43. The first-order valence-electron chi connectivity index (χ1n) is 8.30. The summed E-state index contributed by atoms with van der Waals surface area (Å²) in [6, 6.07) is 14.1. The standard InChI is InChI=1S/C19H16ClN3O3/c1-2-26-18(25)15-16(11-6-5-7-12(20)10-11)23-14-9-4-3-8-13(14)21-19(23)22-17(15)24/h3-10,15-16H,2H2,1H3,(H,21,22,24). The summed E-state index contributed by atoms with van der Waals surface area (Å²) in [6.45, 7) is 1.91. The van der Waals surface area contributed by atoms with Crippen molar-refractivity contribution in [3.8, 4) is 0 Å². The number of ether oxygens (including phenoxy) is 1. The molecule has 7 heteroatoms. The Balaban J connectivity index is 1.97. The third-order valence-electron chi connectivity index (χ3n) is 4.44. The lowest BCUT2D eigenvalue weighted by Gasteiger charge is -2.32. The van der Waals surface area contributed by atoms with Crippen LogP contribution in [0.4, 0.5) is 5.95 Å². The summed E-state index contributed by atoms with van der Waals surface area (Å²) in [7, 11) is 0. The van der Waals surface area contributed by atoms with E-state index in [4.69, 9.17) is 16.3 Å². The third-order valence-corrected chi connectivity index (χ3v) is 4.67. The van der Waals surface area contributed by atoms with Gasteiger partial charge in [0.2, 0.25) is 11.9 Å². The minimum atomic E-state index is -1.03. The van der Waals surface area contributed by atoms with E-state index in [9.17, 15) is 9.59 Å². The van der Waals surface area contributed by atoms with Crippen LogP contribution in [0.5, 0.6) is 0 Å². The molecule has 0 aliphatic carbocycles. The van der Waals surface area contributed by atoms with E-state index in [0.29, 0.717) is 11.0 Å². The van der Waals surface area contributed by atoms with Gasteiger partial charge in [0.1, 0.15) is 0 Å². The van der Waals surface area contributed by atoms with Crippen molar-refractivity contribution in [2.24, 2.45) is 5.92 Å². The number of esters is 1. The number of aromatic nitrogens is 2. The molecule has 2 unspecified atom stereocenters. The van der Waals surface area contributed by atoms with Gasteiger partial charge in [-0.25, -0.2) is 4.98 Å². The molecule has 2 atom stereocenters. The molecule has 0 bridgehead atoms. The van der Waals surface area contributed by atoms with Crippen molar-refractivity contribution in [1.29, 1.82) is 0 Å². The molecule has 1 aliphatic rings. The molecule has 26 heavy (non-hydrogen) atoms. The normalized spacial score (nSPS) is 19.1. The zero-order valence-corrected chi connectivity index (χ0v) is 14.7. The highest BCUT2D eigenvalue weighted by Crippen LogP contribution is 2.39. The van der Waals surface area contributed by atoms with Crippen molar-refractivity contribution < 1.29 is 14.3 Å². The van der Waals surface area contributed by atoms with Crippen LogP contribution < -0.4 is 5.32 Å². The fourth-order valence-corrected chi connectivity index (χ4v) is 3.59. The lowest BCUT2D eigenvalue weighted by atomic mass is 9.90. The Morgan fingerprint density at radius 3 is 2.85 bits per heavy atom. The van der Waals surface area contributed by atoms with Gasteiger partial charge in [0, 0.05) is 5.02 Å².